The number of carbonyl (C=O) groups is 2. The summed E-state index contributed by atoms with van der Waals surface area (Å²) in [6, 6.07) is 29.6. The lowest BCUT2D eigenvalue weighted by Gasteiger charge is -2.18. The highest BCUT2D eigenvalue weighted by molar-refractivity contribution is 8.00. The van der Waals surface area contributed by atoms with E-state index in [4.69, 9.17) is 4.74 Å². The first kappa shape index (κ1) is 29.9. The molecular formula is C32H32N2O5S2. The molecule has 0 aliphatic heterocycles. The van der Waals surface area contributed by atoms with E-state index < -0.39 is 21.2 Å². The molecule has 7 nitrogen and oxygen atoms in total. The molecule has 0 bridgehead atoms. The van der Waals surface area contributed by atoms with E-state index >= 15 is 0 Å². The highest BCUT2D eigenvalue weighted by Crippen LogP contribution is 2.37. The smallest absolute Gasteiger partial charge is 0.338 e. The number of amides is 1. The van der Waals surface area contributed by atoms with Crippen LogP contribution in [0.4, 0.5) is 11.4 Å². The Kier molecular flexibility index (Phi) is 10.2. The summed E-state index contributed by atoms with van der Waals surface area (Å²) >= 11 is 1.35. The molecule has 1 unspecified atom stereocenters. The van der Waals surface area contributed by atoms with E-state index in [2.05, 4.69) is 10.0 Å². The van der Waals surface area contributed by atoms with Gasteiger partial charge in [-0.1, -0.05) is 61.4 Å². The maximum absolute atomic E-state index is 13.4. The van der Waals surface area contributed by atoms with Crippen molar-refractivity contribution in [3.63, 3.8) is 0 Å². The molecule has 4 rings (SSSR count). The summed E-state index contributed by atoms with van der Waals surface area (Å²) in [5.74, 6) is -0.623. The number of hydrogen-bond donors (Lipinski definition) is 2. The Morgan fingerprint density at radius 1 is 0.829 bits per heavy atom. The topological polar surface area (TPSA) is 102 Å². The van der Waals surface area contributed by atoms with Crippen LogP contribution in [0.5, 0.6) is 0 Å². The molecule has 1 amide bonds. The van der Waals surface area contributed by atoms with Crippen LogP contribution in [0.15, 0.2) is 113 Å². The van der Waals surface area contributed by atoms with E-state index in [1.54, 1.807) is 72.8 Å². The molecule has 4 aromatic carbocycles. The number of carbonyl (C=O) groups excluding carboxylic acids is 2. The normalized spacial score (nSPS) is 11.9. The van der Waals surface area contributed by atoms with Gasteiger partial charge in [0.05, 0.1) is 17.1 Å². The Morgan fingerprint density at radius 2 is 1.46 bits per heavy atom. The number of nitrogens with one attached hydrogen (secondary N) is 2. The molecule has 0 aliphatic carbocycles. The Balaban J connectivity index is 1.45. The fourth-order valence-corrected chi connectivity index (χ4v) is 5.94. The summed E-state index contributed by atoms with van der Waals surface area (Å²) in [6.45, 7) is 4.30. The van der Waals surface area contributed by atoms with Crippen LogP contribution >= 0.6 is 11.8 Å². The summed E-state index contributed by atoms with van der Waals surface area (Å²) in [6.07, 6.45) is 1.75. The van der Waals surface area contributed by atoms with Crippen molar-refractivity contribution in [3.05, 3.63) is 120 Å². The van der Waals surface area contributed by atoms with E-state index in [0.29, 0.717) is 23.5 Å². The SMILES string of the molecule is CCCCOC(=O)c1ccc(NC(=O)C(Sc2ccc(NS(=O)(=O)c3ccc(C)cc3)cc2)c2ccccc2)cc1. The van der Waals surface area contributed by atoms with Gasteiger partial charge >= 0.3 is 5.97 Å². The summed E-state index contributed by atoms with van der Waals surface area (Å²) in [5, 5.41) is 2.36. The number of aryl methyl sites for hydroxylation is 1. The van der Waals surface area contributed by atoms with Crippen molar-refractivity contribution in [3.8, 4) is 0 Å². The van der Waals surface area contributed by atoms with Gasteiger partial charge in [0.2, 0.25) is 5.91 Å². The minimum absolute atomic E-state index is 0.184. The van der Waals surface area contributed by atoms with Crippen LogP contribution in [0, 0.1) is 6.92 Å². The molecular weight excluding hydrogens is 556 g/mol. The molecule has 2 N–H and O–H groups in total. The Morgan fingerprint density at radius 3 is 2.10 bits per heavy atom. The lowest BCUT2D eigenvalue weighted by molar-refractivity contribution is -0.115. The van der Waals surface area contributed by atoms with Gasteiger partial charge in [0.25, 0.3) is 10.0 Å². The predicted molar refractivity (Wildman–Crippen MR) is 164 cm³/mol. The fraction of sp³-hybridized carbons (Fsp3) is 0.188. The summed E-state index contributed by atoms with van der Waals surface area (Å²) < 4.78 is 33.3. The lowest BCUT2D eigenvalue weighted by Crippen LogP contribution is -2.19. The van der Waals surface area contributed by atoms with E-state index in [1.165, 1.54) is 11.8 Å². The van der Waals surface area contributed by atoms with Crippen molar-refractivity contribution in [1.82, 2.24) is 0 Å². The second-order valence-corrected chi connectivity index (χ2v) is 12.3. The van der Waals surface area contributed by atoms with Gasteiger partial charge in [-0.15, -0.1) is 11.8 Å². The number of sulfonamides is 1. The number of benzene rings is 4. The van der Waals surface area contributed by atoms with E-state index in [1.807, 2.05) is 44.2 Å². The minimum Gasteiger partial charge on any atom is -0.462 e. The summed E-state index contributed by atoms with van der Waals surface area (Å²) in [4.78, 5) is 26.6. The van der Waals surface area contributed by atoms with Gasteiger partial charge in [0.1, 0.15) is 5.25 Å². The highest BCUT2D eigenvalue weighted by Gasteiger charge is 2.23. The van der Waals surface area contributed by atoms with Gasteiger partial charge in [0.15, 0.2) is 0 Å². The summed E-state index contributed by atoms with van der Waals surface area (Å²) in [5.41, 5.74) is 3.19. The Labute approximate surface area is 245 Å². The zero-order valence-corrected chi connectivity index (χ0v) is 24.5. The molecule has 0 heterocycles. The van der Waals surface area contributed by atoms with Gasteiger partial charge in [-0.3, -0.25) is 9.52 Å². The molecule has 4 aromatic rings. The molecule has 9 heteroatoms. The fourth-order valence-electron chi connectivity index (χ4n) is 3.86. The van der Waals surface area contributed by atoms with Crippen LogP contribution in [0.25, 0.3) is 0 Å². The first-order valence-corrected chi connectivity index (χ1v) is 15.6. The van der Waals surface area contributed by atoms with E-state index in [9.17, 15) is 18.0 Å². The van der Waals surface area contributed by atoms with Gasteiger partial charge in [0, 0.05) is 16.3 Å². The van der Waals surface area contributed by atoms with Gasteiger partial charge in [-0.25, -0.2) is 13.2 Å². The number of anilines is 2. The minimum atomic E-state index is -3.72. The molecule has 0 radical (unpaired) electrons. The van der Waals surface area contributed by atoms with Gasteiger partial charge in [-0.2, -0.15) is 0 Å². The molecule has 212 valence electrons. The monoisotopic (exact) mass is 588 g/mol. The van der Waals surface area contributed by atoms with Gasteiger partial charge < -0.3 is 10.1 Å². The first-order chi connectivity index (χ1) is 19.7. The summed E-state index contributed by atoms with van der Waals surface area (Å²) in [7, 11) is -3.72. The second kappa shape index (κ2) is 14.0. The standard InChI is InChI=1S/C32H32N2O5S2/c1-3-4-22-39-32(36)25-12-14-26(15-13-25)33-31(35)30(24-8-6-5-7-9-24)40-28-18-16-27(17-19-28)34-41(37,38)29-20-10-23(2)11-21-29/h5-21,30,34H,3-4,22H2,1-2H3,(H,33,35). The quantitative estimate of drug-likeness (QED) is 0.103. The Bertz CT molecular complexity index is 1560. The van der Waals surface area contributed by atoms with Crippen molar-refractivity contribution in [2.75, 3.05) is 16.6 Å². The third-order valence-corrected chi connectivity index (χ3v) is 8.81. The third-order valence-electron chi connectivity index (χ3n) is 6.15. The molecule has 0 spiro atoms. The number of unbranched alkanes of at least 4 members (excludes halogenated alkanes) is 1. The number of esters is 1. The van der Waals surface area contributed by atoms with Crippen LogP contribution in [-0.4, -0.2) is 26.9 Å². The second-order valence-electron chi connectivity index (χ2n) is 9.41. The number of thioether (sulfide) groups is 1. The molecule has 1 atom stereocenters. The predicted octanol–water partition coefficient (Wildman–Crippen LogP) is 7.22. The zero-order chi connectivity index (χ0) is 29.2. The van der Waals surface area contributed by atoms with E-state index in [-0.39, 0.29) is 10.8 Å². The van der Waals surface area contributed by atoms with Crippen molar-refractivity contribution in [1.29, 1.82) is 0 Å². The third kappa shape index (κ3) is 8.45. The van der Waals surface area contributed by atoms with Crippen LogP contribution in [0.2, 0.25) is 0 Å². The largest absolute Gasteiger partial charge is 0.462 e. The van der Waals surface area contributed by atoms with Crippen LogP contribution in [0.1, 0.15) is 46.5 Å². The molecule has 0 aromatic heterocycles. The molecule has 0 saturated heterocycles. The van der Waals surface area contributed by atoms with Crippen LogP contribution < -0.4 is 10.0 Å². The van der Waals surface area contributed by atoms with Gasteiger partial charge in [-0.05, 0) is 79.6 Å². The maximum atomic E-state index is 13.4. The molecule has 0 aliphatic rings. The Hall–Kier alpha value is -4.08. The van der Waals surface area contributed by atoms with Crippen molar-refractivity contribution in [2.24, 2.45) is 0 Å². The van der Waals surface area contributed by atoms with Crippen molar-refractivity contribution in [2.45, 2.75) is 41.7 Å². The first-order valence-electron chi connectivity index (χ1n) is 13.2. The van der Waals surface area contributed by atoms with Crippen molar-refractivity contribution >= 4 is 45.0 Å². The molecule has 0 fully saturated rings. The lowest BCUT2D eigenvalue weighted by atomic mass is 10.1. The highest BCUT2D eigenvalue weighted by atomic mass is 32.2. The maximum Gasteiger partial charge on any atom is 0.338 e. The van der Waals surface area contributed by atoms with E-state index in [0.717, 1.165) is 28.9 Å². The average molecular weight is 589 g/mol. The molecule has 0 saturated carbocycles. The number of ether oxygens (including phenoxy) is 1. The van der Waals surface area contributed by atoms with Crippen LogP contribution in [0.3, 0.4) is 0 Å². The zero-order valence-electron chi connectivity index (χ0n) is 22.9. The number of hydrogen-bond acceptors (Lipinski definition) is 6. The van der Waals surface area contributed by atoms with Crippen molar-refractivity contribution < 1.29 is 22.7 Å². The average Bonchev–Trinajstić information content (AvgIpc) is 2.97. The number of rotatable bonds is 12. The van der Waals surface area contributed by atoms with Crippen LogP contribution in [-0.2, 0) is 19.6 Å². The molecule has 41 heavy (non-hydrogen) atoms.